The number of rotatable bonds is 6. The van der Waals surface area contributed by atoms with Gasteiger partial charge in [-0.05, 0) is 31.1 Å². The van der Waals surface area contributed by atoms with Crippen molar-refractivity contribution in [3.8, 4) is 0 Å². The summed E-state index contributed by atoms with van der Waals surface area (Å²) in [5.41, 5.74) is 0. The first-order valence-corrected chi connectivity index (χ1v) is 7.06. The molecule has 4 heteroatoms. The van der Waals surface area contributed by atoms with Crippen molar-refractivity contribution in [3.63, 3.8) is 0 Å². The molecule has 0 heterocycles. The van der Waals surface area contributed by atoms with Crippen LogP contribution in [-0.2, 0) is 14.3 Å². The molecule has 2 aliphatic rings. The van der Waals surface area contributed by atoms with E-state index in [1.165, 1.54) is 32.8 Å². The van der Waals surface area contributed by atoms with Gasteiger partial charge in [-0.25, -0.2) is 4.79 Å². The van der Waals surface area contributed by atoms with Crippen LogP contribution in [0.1, 0.15) is 51.4 Å². The van der Waals surface area contributed by atoms with Gasteiger partial charge in [0.25, 0.3) is 0 Å². The topological polar surface area (TPSA) is 55.4 Å². The molecule has 1 N–H and O–H groups in total. The fourth-order valence-electron chi connectivity index (χ4n) is 2.77. The van der Waals surface area contributed by atoms with Crippen molar-refractivity contribution in [2.45, 2.75) is 57.4 Å². The Kier molecular flexibility index (Phi) is 4.61. The summed E-state index contributed by atoms with van der Waals surface area (Å²) in [5, 5.41) is 2.85. The molecule has 1 amide bonds. The van der Waals surface area contributed by atoms with Gasteiger partial charge in [0.15, 0.2) is 0 Å². The number of methoxy groups -OCH3 is 1. The van der Waals surface area contributed by atoms with Crippen molar-refractivity contribution in [2.24, 2.45) is 11.8 Å². The second-order valence-electron chi connectivity index (χ2n) is 5.68. The lowest BCUT2D eigenvalue weighted by atomic mass is 10.0. The van der Waals surface area contributed by atoms with Gasteiger partial charge in [-0.1, -0.05) is 25.7 Å². The molecular weight excluding hydrogens is 230 g/mol. The van der Waals surface area contributed by atoms with Gasteiger partial charge in [0.2, 0.25) is 5.91 Å². The maximum atomic E-state index is 11.9. The standard InChI is InChI=1S/C14H23NO3/c1-18-14(17)12(8-11-6-7-11)15-13(16)9-10-4-2-3-5-10/h10-12H,2-9H2,1H3,(H,15,16)/t12-/m0/s1. The largest absolute Gasteiger partial charge is 0.467 e. The Balaban J connectivity index is 1.78. The maximum Gasteiger partial charge on any atom is 0.328 e. The van der Waals surface area contributed by atoms with Gasteiger partial charge in [0.1, 0.15) is 6.04 Å². The molecule has 0 saturated heterocycles. The first kappa shape index (κ1) is 13.4. The van der Waals surface area contributed by atoms with Crippen LogP contribution in [0.5, 0.6) is 0 Å². The summed E-state index contributed by atoms with van der Waals surface area (Å²) in [6.07, 6.45) is 8.43. The molecular formula is C14H23NO3. The van der Waals surface area contributed by atoms with Crippen molar-refractivity contribution < 1.29 is 14.3 Å². The fraction of sp³-hybridized carbons (Fsp3) is 0.857. The van der Waals surface area contributed by atoms with Gasteiger partial charge >= 0.3 is 5.97 Å². The molecule has 4 nitrogen and oxygen atoms in total. The van der Waals surface area contributed by atoms with Crippen LogP contribution in [0.15, 0.2) is 0 Å². The molecule has 0 spiro atoms. The first-order chi connectivity index (χ1) is 8.69. The number of hydrogen-bond acceptors (Lipinski definition) is 3. The van der Waals surface area contributed by atoms with Crippen molar-refractivity contribution >= 4 is 11.9 Å². The smallest absolute Gasteiger partial charge is 0.328 e. The fourth-order valence-corrected chi connectivity index (χ4v) is 2.77. The van der Waals surface area contributed by atoms with Crippen LogP contribution in [0, 0.1) is 11.8 Å². The molecule has 2 aliphatic carbocycles. The quantitative estimate of drug-likeness (QED) is 0.737. The first-order valence-electron chi connectivity index (χ1n) is 7.06. The molecule has 18 heavy (non-hydrogen) atoms. The van der Waals surface area contributed by atoms with E-state index >= 15 is 0 Å². The normalized spacial score (nSPS) is 21.6. The SMILES string of the molecule is COC(=O)[C@H](CC1CC1)NC(=O)CC1CCCC1. The Bertz CT molecular complexity index is 306. The molecule has 102 valence electrons. The second-order valence-corrected chi connectivity index (χ2v) is 5.68. The molecule has 0 radical (unpaired) electrons. The van der Waals surface area contributed by atoms with Crippen LogP contribution in [0.2, 0.25) is 0 Å². The lowest BCUT2D eigenvalue weighted by molar-refractivity contribution is -0.145. The van der Waals surface area contributed by atoms with E-state index in [1.807, 2.05) is 0 Å². The molecule has 0 aliphatic heterocycles. The predicted octanol–water partition coefficient (Wildman–Crippen LogP) is 2.02. The number of esters is 1. The number of carbonyl (C=O) groups excluding carboxylic acids is 2. The highest BCUT2D eigenvalue weighted by atomic mass is 16.5. The van der Waals surface area contributed by atoms with Gasteiger partial charge in [-0.3, -0.25) is 4.79 Å². The molecule has 0 bridgehead atoms. The second kappa shape index (κ2) is 6.21. The third-order valence-corrected chi connectivity index (χ3v) is 4.04. The summed E-state index contributed by atoms with van der Waals surface area (Å²) in [5.74, 6) is 0.824. The summed E-state index contributed by atoms with van der Waals surface area (Å²) in [6.45, 7) is 0. The Morgan fingerprint density at radius 3 is 2.39 bits per heavy atom. The van der Waals surface area contributed by atoms with Crippen molar-refractivity contribution in [1.29, 1.82) is 0 Å². The van der Waals surface area contributed by atoms with Crippen LogP contribution in [-0.4, -0.2) is 25.0 Å². The Labute approximate surface area is 108 Å². The molecule has 2 rings (SSSR count). The van der Waals surface area contributed by atoms with E-state index in [4.69, 9.17) is 4.74 Å². The Morgan fingerprint density at radius 2 is 1.83 bits per heavy atom. The highest BCUT2D eigenvalue weighted by molar-refractivity contribution is 5.84. The average molecular weight is 253 g/mol. The molecule has 1 atom stereocenters. The van der Waals surface area contributed by atoms with E-state index in [0.717, 1.165) is 19.3 Å². The molecule has 0 aromatic carbocycles. The third-order valence-electron chi connectivity index (χ3n) is 4.04. The van der Waals surface area contributed by atoms with Crippen LogP contribution in [0.3, 0.4) is 0 Å². The Morgan fingerprint density at radius 1 is 1.17 bits per heavy atom. The number of ether oxygens (including phenoxy) is 1. The van der Waals surface area contributed by atoms with E-state index in [-0.39, 0.29) is 11.9 Å². The van der Waals surface area contributed by atoms with Crippen molar-refractivity contribution in [2.75, 3.05) is 7.11 Å². The van der Waals surface area contributed by atoms with E-state index in [2.05, 4.69) is 5.32 Å². The van der Waals surface area contributed by atoms with Gasteiger partial charge in [-0.15, -0.1) is 0 Å². The summed E-state index contributed by atoms with van der Waals surface area (Å²) in [7, 11) is 1.38. The van der Waals surface area contributed by atoms with Gasteiger partial charge in [-0.2, -0.15) is 0 Å². The highest BCUT2D eigenvalue weighted by Gasteiger charge is 2.31. The van der Waals surface area contributed by atoms with Crippen LogP contribution in [0.25, 0.3) is 0 Å². The zero-order chi connectivity index (χ0) is 13.0. The summed E-state index contributed by atoms with van der Waals surface area (Å²) >= 11 is 0. The van der Waals surface area contributed by atoms with Gasteiger partial charge in [0, 0.05) is 6.42 Å². The van der Waals surface area contributed by atoms with E-state index in [9.17, 15) is 9.59 Å². The maximum absolute atomic E-state index is 11.9. The Hall–Kier alpha value is -1.06. The van der Waals surface area contributed by atoms with Gasteiger partial charge in [0.05, 0.1) is 7.11 Å². The minimum absolute atomic E-state index is 0.0120. The zero-order valence-corrected chi connectivity index (χ0v) is 11.1. The monoisotopic (exact) mass is 253 g/mol. The van der Waals surface area contributed by atoms with Crippen molar-refractivity contribution in [3.05, 3.63) is 0 Å². The molecule has 0 aromatic heterocycles. The number of amides is 1. The summed E-state index contributed by atoms with van der Waals surface area (Å²) < 4.78 is 4.76. The van der Waals surface area contributed by atoms with Gasteiger partial charge < -0.3 is 10.1 Å². The lowest BCUT2D eigenvalue weighted by Gasteiger charge is -2.17. The molecule has 2 saturated carbocycles. The van der Waals surface area contributed by atoms with Crippen LogP contribution >= 0.6 is 0 Å². The summed E-state index contributed by atoms with van der Waals surface area (Å²) in [6, 6.07) is -0.434. The van der Waals surface area contributed by atoms with E-state index < -0.39 is 6.04 Å². The number of nitrogens with one attached hydrogen (secondary N) is 1. The van der Waals surface area contributed by atoms with E-state index in [0.29, 0.717) is 18.3 Å². The third kappa shape index (κ3) is 4.00. The van der Waals surface area contributed by atoms with E-state index in [1.54, 1.807) is 0 Å². The highest BCUT2D eigenvalue weighted by Crippen LogP contribution is 2.34. The molecule has 0 aromatic rings. The molecule has 2 fully saturated rings. The van der Waals surface area contributed by atoms with Crippen molar-refractivity contribution in [1.82, 2.24) is 5.32 Å². The summed E-state index contributed by atoms with van der Waals surface area (Å²) in [4.78, 5) is 23.5. The minimum atomic E-state index is -0.434. The van der Waals surface area contributed by atoms with Crippen LogP contribution < -0.4 is 5.32 Å². The molecule has 0 unspecified atom stereocenters. The minimum Gasteiger partial charge on any atom is -0.467 e. The predicted molar refractivity (Wildman–Crippen MR) is 67.9 cm³/mol. The number of hydrogen-bond donors (Lipinski definition) is 1. The zero-order valence-electron chi connectivity index (χ0n) is 11.1. The van der Waals surface area contributed by atoms with Crippen LogP contribution in [0.4, 0.5) is 0 Å². The average Bonchev–Trinajstić information content (AvgIpc) is 3.03. The lowest BCUT2D eigenvalue weighted by Crippen LogP contribution is -2.42. The number of carbonyl (C=O) groups is 2.